The minimum Gasteiger partial charge on any atom is -0.484 e. The minimum absolute atomic E-state index is 0.106. The Kier molecular flexibility index (Phi) is 6.75. The molecule has 6 nitrogen and oxygen atoms in total. The van der Waals surface area contributed by atoms with Gasteiger partial charge in [0.2, 0.25) is 0 Å². The highest BCUT2D eigenvalue weighted by atomic mass is 127. The van der Waals surface area contributed by atoms with Crippen molar-refractivity contribution in [2.24, 2.45) is 0 Å². The van der Waals surface area contributed by atoms with E-state index in [1.165, 1.54) is 24.3 Å². The fourth-order valence-electron chi connectivity index (χ4n) is 2.52. The number of aryl methyl sites for hydroxylation is 1. The molecular weight excluding hydrogens is 503 g/mol. The minimum atomic E-state index is -3.71. The summed E-state index contributed by atoms with van der Waals surface area (Å²) < 4.78 is 34.1. The first-order valence-electron chi connectivity index (χ1n) is 8.70. The van der Waals surface area contributed by atoms with Crippen molar-refractivity contribution in [1.29, 1.82) is 0 Å². The molecule has 3 aromatic rings. The first kappa shape index (κ1) is 21.1. The molecule has 0 spiro atoms. The molecule has 2 N–H and O–H groups in total. The highest BCUT2D eigenvalue weighted by Gasteiger charge is 2.14. The molecule has 0 aliphatic heterocycles. The van der Waals surface area contributed by atoms with Gasteiger partial charge in [0, 0.05) is 14.9 Å². The van der Waals surface area contributed by atoms with Crippen LogP contribution in [-0.2, 0) is 14.8 Å². The fraction of sp³-hybridized carbons (Fsp3) is 0.0952. The van der Waals surface area contributed by atoms with E-state index < -0.39 is 10.0 Å². The number of ether oxygens (including phenoxy) is 1. The number of benzene rings is 3. The van der Waals surface area contributed by atoms with E-state index in [1.54, 1.807) is 30.3 Å². The molecule has 0 bridgehead atoms. The maximum absolute atomic E-state index is 12.5. The molecular formula is C21H19IN2O4S. The van der Waals surface area contributed by atoms with Crippen LogP contribution in [0.15, 0.2) is 77.7 Å². The predicted molar refractivity (Wildman–Crippen MR) is 122 cm³/mol. The average molecular weight is 522 g/mol. The molecule has 0 saturated heterocycles. The van der Waals surface area contributed by atoms with Crippen molar-refractivity contribution in [1.82, 2.24) is 0 Å². The summed E-state index contributed by atoms with van der Waals surface area (Å²) in [6.45, 7) is 1.71. The first-order valence-corrected chi connectivity index (χ1v) is 11.3. The van der Waals surface area contributed by atoms with Gasteiger partial charge >= 0.3 is 0 Å². The maximum Gasteiger partial charge on any atom is 0.262 e. The maximum atomic E-state index is 12.5. The van der Waals surface area contributed by atoms with Gasteiger partial charge in [-0.3, -0.25) is 9.52 Å². The third kappa shape index (κ3) is 6.20. The van der Waals surface area contributed by atoms with E-state index in [2.05, 4.69) is 32.6 Å². The van der Waals surface area contributed by atoms with Crippen molar-refractivity contribution in [2.45, 2.75) is 11.8 Å². The average Bonchev–Trinajstić information content (AvgIpc) is 2.68. The highest BCUT2D eigenvalue weighted by molar-refractivity contribution is 14.1. The van der Waals surface area contributed by atoms with Crippen molar-refractivity contribution in [2.75, 3.05) is 16.6 Å². The van der Waals surface area contributed by atoms with Gasteiger partial charge in [-0.1, -0.05) is 12.1 Å². The van der Waals surface area contributed by atoms with Crippen molar-refractivity contribution in [3.05, 3.63) is 81.9 Å². The second-order valence-electron chi connectivity index (χ2n) is 6.29. The van der Waals surface area contributed by atoms with Gasteiger partial charge in [0.05, 0.1) is 4.90 Å². The van der Waals surface area contributed by atoms with E-state index in [9.17, 15) is 13.2 Å². The number of carbonyl (C=O) groups excluding carboxylic acids is 1. The largest absolute Gasteiger partial charge is 0.484 e. The summed E-state index contributed by atoms with van der Waals surface area (Å²) in [7, 11) is -3.71. The van der Waals surface area contributed by atoms with Crippen LogP contribution in [0.4, 0.5) is 11.4 Å². The standard InChI is InChI=1S/C21H19IN2O4S/c1-15-3-2-4-18(13-15)24-29(26,27)20-11-9-19(10-12-20)28-14-21(25)23-17-7-5-16(22)6-8-17/h2-13,24H,14H2,1H3,(H,23,25). The number of halogens is 1. The Morgan fingerprint density at radius 1 is 0.966 bits per heavy atom. The molecule has 8 heteroatoms. The lowest BCUT2D eigenvalue weighted by atomic mass is 10.2. The summed E-state index contributed by atoms with van der Waals surface area (Å²) in [4.78, 5) is 12.1. The summed E-state index contributed by atoms with van der Waals surface area (Å²) in [6.07, 6.45) is 0. The van der Waals surface area contributed by atoms with E-state index in [1.807, 2.05) is 25.1 Å². The normalized spacial score (nSPS) is 11.0. The molecule has 0 saturated carbocycles. The summed E-state index contributed by atoms with van der Waals surface area (Å²) in [5, 5.41) is 2.73. The molecule has 0 radical (unpaired) electrons. The molecule has 0 aliphatic rings. The molecule has 0 heterocycles. The Labute approximate surface area is 183 Å². The summed E-state index contributed by atoms with van der Waals surface area (Å²) in [5.41, 5.74) is 2.14. The third-order valence-electron chi connectivity index (χ3n) is 3.90. The molecule has 0 atom stereocenters. The fourth-order valence-corrected chi connectivity index (χ4v) is 3.93. The van der Waals surface area contributed by atoms with Gasteiger partial charge in [0.15, 0.2) is 6.61 Å². The van der Waals surface area contributed by atoms with Crippen LogP contribution < -0.4 is 14.8 Å². The molecule has 1 amide bonds. The Hall–Kier alpha value is -2.59. The van der Waals surface area contributed by atoms with Crippen molar-refractivity contribution < 1.29 is 17.9 Å². The van der Waals surface area contributed by atoms with Crippen molar-refractivity contribution >= 4 is 49.9 Å². The van der Waals surface area contributed by atoms with Gasteiger partial charge in [-0.25, -0.2) is 8.42 Å². The van der Waals surface area contributed by atoms with Crippen molar-refractivity contribution in [3.8, 4) is 5.75 Å². The molecule has 3 rings (SSSR count). The highest BCUT2D eigenvalue weighted by Crippen LogP contribution is 2.20. The molecule has 0 unspecified atom stereocenters. The molecule has 3 aromatic carbocycles. The summed E-state index contributed by atoms with van der Waals surface area (Å²) in [5.74, 6) is 0.0984. The second kappa shape index (κ2) is 9.27. The van der Waals surface area contributed by atoms with Crippen LogP contribution in [0.1, 0.15) is 5.56 Å². The lowest BCUT2D eigenvalue weighted by Crippen LogP contribution is -2.20. The number of hydrogen-bond acceptors (Lipinski definition) is 4. The van der Waals surface area contributed by atoms with E-state index in [4.69, 9.17) is 4.74 Å². The smallest absolute Gasteiger partial charge is 0.262 e. The third-order valence-corrected chi connectivity index (χ3v) is 6.02. The van der Waals surface area contributed by atoms with E-state index in [-0.39, 0.29) is 17.4 Å². The zero-order valence-electron chi connectivity index (χ0n) is 15.6. The number of nitrogens with one attached hydrogen (secondary N) is 2. The van der Waals surface area contributed by atoms with Gasteiger partial charge < -0.3 is 10.1 Å². The van der Waals surface area contributed by atoms with Gasteiger partial charge in [-0.05, 0) is 95.7 Å². The molecule has 0 fully saturated rings. The molecule has 0 aliphatic carbocycles. The van der Waals surface area contributed by atoms with Crippen LogP contribution in [0.3, 0.4) is 0 Å². The van der Waals surface area contributed by atoms with Crippen LogP contribution in [0, 0.1) is 10.5 Å². The number of carbonyl (C=O) groups is 1. The number of hydrogen-bond donors (Lipinski definition) is 2. The molecule has 0 aromatic heterocycles. The van der Waals surface area contributed by atoms with Gasteiger partial charge in [-0.2, -0.15) is 0 Å². The van der Waals surface area contributed by atoms with Crippen LogP contribution in [0.5, 0.6) is 5.75 Å². The van der Waals surface area contributed by atoms with Crippen LogP contribution in [-0.4, -0.2) is 20.9 Å². The zero-order chi connectivity index (χ0) is 20.9. The lowest BCUT2D eigenvalue weighted by molar-refractivity contribution is -0.118. The summed E-state index contributed by atoms with van der Waals surface area (Å²) in [6, 6.07) is 20.4. The second-order valence-corrected chi connectivity index (χ2v) is 9.22. The SMILES string of the molecule is Cc1cccc(NS(=O)(=O)c2ccc(OCC(=O)Nc3ccc(I)cc3)cc2)c1. The monoisotopic (exact) mass is 522 g/mol. The first-order chi connectivity index (χ1) is 13.8. The quantitative estimate of drug-likeness (QED) is 0.451. The number of rotatable bonds is 7. The van der Waals surface area contributed by atoms with Gasteiger partial charge in [-0.15, -0.1) is 0 Å². The Morgan fingerprint density at radius 3 is 2.31 bits per heavy atom. The Morgan fingerprint density at radius 2 is 1.66 bits per heavy atom. The molecule has 29 heavy (non-hydrogen) atoms. The number of amides is 1. The van der Waals surface area contributed by atoms with Crippen LogP contribution in [0.25, 0.3) is 0 Å². The Bertz CT molecular complexity index is 1100. The topological polar surface area (TPSA) is 84.5 Å². The Balaban J connectivity index is 1.58. The predicted octanol–water partition coefficient (Wildman–Crippen LogP) is 4.42. The lowest BCUT2D eigenvalue weighted by Gasteiger charge is -2.10. The van der Waals surface area contributed by atoms with Gasteiger partial charge in [0.25, 0.3) is 15.9 Å². The van der Waals surface area contributed by atoms with Crippen LogP contribution in [0.2, 0.25) is 0 Å². The zero-order valence-corrected chi connectivity index (χ0v) is 18.5. The molecule has 150 valence electrons. The van der Waals surface area contributed by atoms with E-state index >= 15 is 0 Å². The summed E-state index contributed by atoms with van der Waals surface area (Å²) >= 11 is 2.19. The number of anilines is 2. The van der Waals surface area contributed by atoms with Gasteiger partial charge in [0.1, 0.15) is 5.75 Å². The van der Waals surface area contributed by atoms with E-state index in [0.717, 1.165) is 9.13 Å². The number of sulfonamides is 1. The van der Waals surface area contributed by atoms with Crippen LogP contribution >= 0.6 is 22.6 Å². The van der Waals surface area contributed by atoms with Crippen molar-refractivity contribution in [3.63, 3.8) is 0 Å². The van der Waals surface area contributed by atoms with E-state index in [0.29, 0.717) is 17.1 Å².